The first-order valence-electron chi connectivity index (χ1n) is 13.5. The smallest absolute Gasteiger partial charge is 0.269 e. The van der Waals surface area contributed by atoms with Gasteiger partial charge in [0.2, 0.25) is 5.95 Å². The molecule has 2 aromatic heterocycles. The van der Waals surface area contributed by atoms with Crippen LogP contribution in [-0.2, 0) is 26.6 Å². The highest BCUT2D eigenvalue weighted by Gasteiger charge is 2.32. The van der Waals surface area contributed by atoms with E-state index >= 15 is 0 Å². The Morgan fingerprint density at radius 2 is 2.00 bits per heavy atom. The molecule has 2 amide bonds. The number of anilines is 1. The van der Waals surface area contributed by atoms with Crippen molar-refractivity contribution < 1.29 is 14.0 Å². The van der Waals surface area contributed by atoms with Gasteiger partial charge in [-0.05, 0) is 56.2 Å². The van der Waals surface area contributed by atoms with Crippen molar-refractivity contribution in [2.24, 2.45) is 7.05 Å². The van der Waals surface area contributed by atoms with E-state index in [1.54, 1.807) is 24.1 Å². The van der Waals surface area contributed by atoms with Gasteiger partial charge in [-0.2, -0.15) is 5.10 Å². The number of aryl methyl sites for hydroxylation is 2. The van der Waals surface area contributed by atoms with Crippen molar-refractivity contribution in [1.29, 1.82) is 0 Å². The molecule has 1 atom stereocenters. The minimum absolute atomic E-state index is 0.0676. The van der Waals surface area contributed by atoms with Crippen molar-refractivity contribution in [3.63, 3.8) is 0 Å². The molecule has 2 N–H and O–H groups in total. The van der Waals surface area contributed by atoms with Crippen LogP contribution in [0.2, 0.25) is 0 Å². The summed E-state index contributed by atoms with van der Waals surface area (Å²) in [6, 6.07) is 11.0. The molecular weight excluding hydrogens is 617 g/mol. The lowest BCUT2D eigenvalue weighted by Gasteiger charge is -2.34. The van der Waals surface area contributed by atoms with Gasteiger partial charge in [0.05, 0.1) is 12.2 Å². The number of aromatic nitrogens is 4. The van der Waals surface area contributed by atoms with Crippen LogP contribution in [0.1, 0.15) is 55.7 Å². The molecule has 220 valence electrons. The summed E-state index contributed by atoms with van der Waals surface area (Å²) in [4.78, 5) is 46.5. The number of amides is 2. The largest absolute Gasteiger partial charge is 0.354 e. The predicted octanol–water partition coefficient (Wildman–Crippen LogP) is 3.72. The fourth-order valence-electron chi connectivity index (χ4n) is 5.15. The minimum atomic E-state index is -0.509. The van der Waals surface area contributed by atoms with Gasteiger partial charge in [-0.25, -0.2) is 13.9 Å². The van der Waals surface area contributed by atoms with E-state index in [4.69, 9.17) is 11.4 Å². The lowest BCUT2D eigenvalue weighted by Crippen LogP contribution is -2.46. The van der Waals surface area contributed by atoms with Gasteiger partial charge in [0.25, 0.3) is 17.4 Å². The zero-order valence-electron chi connectivity index (χ0n) is 24.0. The van der Waals surface area contributed by atoms with E-state index in [0.29, 0.717) is 22.4 Å². The Morgan fingerprint density at radius 3 is 2.70 bits per heavy atom. The molecule has 0 radical (unpaired) electrons. The topological polar surface area (TPSA) is 114 Å². The molecule has 1 unspecified atom stereocenters. The monoisotopic (exact) mass is 645 g/mol. The third-order valence-electron chi connectivity index (χ3n) is 7.53. The predicted molar refractivity (Wildman–Crippen MR) is 164 cm³/mol. The van der Waals surface area contributed by atoms with Gasteiger partial charge < -0.3 is 15.5 Å². The Labute approximate surface area is 256 Å². The fraction of sp³-hybridized carbons (Fsp3) is 0.258. The van der Waals surface area contributed by atoms with E-state index < -0.39 is 11.4 Å². The molecule has 0 aliphatic carbocycles. The number of carbonyl (C=O) groups is 2. The SMILES string of the molecule is C#Cc1cccc(F)c1CNc1nc2c(c(=O)n1-c1cc(C(=O)NC)n(C)n1)CC(C)N(C(=O)c1ccc(Br)c(C)c1)C2. The van der Waals surface area contributed by atoms with Crippen molar-refractivity contribution in [3.05, 3.63) is 102 Å². The Balaban J connectivity index is 1.60. The first-order valence-corrected chi connectivity index (χ1v) is 14.3. The van der Waals surface area contributed by atoms with Gasteiger partial charge in [-0.15, -0.1) is 6.42 Å². The van der Waals surface area contributed by atoms with Crippen LogP contribution < -0.4 is 16.2 Å². The van der Waals surface area contributed by atoms with Crippen molar-refractivity contribution >= 4 is 33.7 Å². The molecule has 2 aromatic carbocycles. The number of rotatable bonds is 6. The molecule has 10 nitrogen and oxygen atoms in total. The van der Waals surface area contributed by atoms with Crippen LogP contribution in [0.3, 0.4) is 0 Å². The quantitative estimate of drug-likeness (QED) is 0.309. The second-order valence-corrected chi connectivity index (χ2v) is 11.2. The zero-order valence-corrected chi connectivity index (χ0v) is 25.6. The molecule has 0 bridgehead atoms. The average Bonchev–Trinajstić information content (AvgIpc) is 3.37. The van der Waals surface area contributed by atoms with Crippen LogP contribution in [0, 0.1) is 25.1 Å². The number of terminal acetylenes is 1. The summed E-state index contributed by atoms with van der Waals surface area (Å²) in [6.07, 6.45) is 5.86. The number of fused-ring (bicyclic) bond motifs is 1. The number of nitrogens with zero attached hydrogens (tertiary/aromatic N) is 5. The highest BCUT2D eigenvalue weighted by molar-refractivity contribution is 9.10. The van der Waals surface area contributed by atoms with Crippen LogP contribution >= 0.6 is 15.9 Å². The zero-order chi connectivity index (χ0) is 31.0. The Hall–Kier alpha value is -4.76. The maximum absolute atomic E-state index is 14.8. The summed E-state index contributed by atoms with van der Waals surface area (Å²) in [5.41, 5.74) is 2.70. The van der Waals surface area contributed by atoms with Gasteiger partial charge in [0.1, 0.15) is 11.5 Å². The molecule has 4 aromatic rings. The normalized spacial score (nSPS) is 14.2. The van der Waals surface area contributed by atoms with Gasteiger partial charge in [0.15, 0.2) is 5.82 Å². The summed E-state index contributed by atoms with van der Waals surface area (Å²) < 4.78 is 18.3. The molecule has 0 saturated heterocycles. The van der Waals surface area contributed by atoms with Crippen LogP contribution in [0.15, 0.2) is 51.7 Å². The van der Waals surface area contributed by atoms with E-state index in [1.165, 1.54) is 34.5 Å². The second-order valence-electron chi connectivity index (χ2n) is 10.3. The molecule has 1 aliphatic rings. The standard InChI is InChI=1S/C31H29BrFN7O3/c1-6-19-8-7-9-24(33)22(19)15-35-31-36-25-16-39(29(42)20-10-11-23(32)17(2)12-20)18(3)13-21(25)30(43)40(31)27-14-26(28(41)34-4)38(5)37-27/h1,7-12,14,18H,13,15-16H2,2-5H3,(H,34,41)(H,35,36). The molecule has 1 aliphatic heterocycles. The average molecular weight is 647 g/mol. The molecule has 43 heavy (non-hydrogen) atoms. The van der Waals surface area contributed by atoms with Crippen molar-refractivity contribution in [1.82, 2.24) is 29.5 Å². The van der Waals surface area contributed by atoms with Crippen LogP contribution in [0.25, 0.3) is 5.82 Å². The number of hydrogen-bond acceptors (Lipinski definition) is 6. The third-order valence-corrected chi connectivity index (χ3v) is 8.42. The number of carbonyl (C=O) groups excluding carboxylic acids is 2. The number of benzene rings is 2. The second kappa shape index (κ2) is 11.9. The van der Waals surface area contributed by atoms with E-state index in [1.807, 2.05) is 26.0 Å². The molecule has 0 fully saturated rings. The maximum Gasteiger partial charge on any atom is 0.269 e. The number of nitrogens with one attached hydrogen (secondary N) is 2. The lowest BCUT2D eigenvalue weighted by atomic mass is 9.98. The highest BCUT2D eigenvalue weighted by Crippen LogP contribution is 2.26. The highest BCUT2D eigenvalue weighted by atomic mass is 79.9. The summed E-state index contributed by atoms with van der Waals surface area (Å²) in [5.74, 6) is 1.63. The summed E-state index contributed by atoms with van der Waals surface area (Å²) >= 11 is 3.47. The lowest BCUT2D eigenvalue weighted by molar-refractivity contribution is 0.0653. The molecule has 3 heterocycles. The number of hydrogen-bond donors (Lipinski definition) is 2. The van der Waals surface area contributed by atoms with E-state index in [9.17, 15) is 18.8 Å². The first kappa shape index (κ1) is 29.7. The van der Waals surface area contributed by atoms with Gasteiger partial charge in [-0.3, -0.25) is 19.1 Å². The third kappa shape index (κ3) is 5.56. The van der Waals surface area contributed by atoms with Crippen molar-refractivity contribution in [2.45, 2.75) is 39.4 Å². The van der Waals surface area contributed by atoms with E-state index in [-0.39, 0.29) is 60.4 Å². The molecular formula is C31H29BrFN7O3. The number of halogens is 2. The summed E-state index contributed by atoms with van der Waals surface area (Å²) in [5, 5.41) is 10.0. The molecule has 5 rings (SSSR count). The first-order chi connectivity index (χ1) is 20.5. The summed E-state index contributed by atoms with van der Waals surface area (Å²) in [7, 11) is 3.09. The van der Waals surface area contributed by atoms with Gasteiger partial charge in [0, 0.05) is 59.5 Å². The maximum atomic E-state index is 14.8. The summed E-state index contributed by atoms with van der Waals surface area (Å²) in [6.45, 7) is 3.80. The van der Waals surface area contributed by atoms with Gasteiger partial charge in [-0.1, -0.05) is 27.9 Å². The Kier molecular flexibility index (Phi) is 8.19. The van der Waals surface area contributed by atoms with Crippen molar-refractivity contribution in [3.8, 4) is 18.2 Å². The fourth-order valence-corrected chi connectivity index (χ4v) is 5.39. The Bertz CT molecular complexity index is 1870. The van der Waals surface area contributed by atoms with Crippen molar-refractivity contribution in [2.75, 3.05) is 12.4 Å². The van der Waals surface area contributed by atoms with Gasteiger partial charge >= 0.3 is 0 Å². The minimum Gasteiger partial charge on any atom is -0.354 e. The van der Waals surface area contributed by atoms with E-state index in [2.05, 4.69) is 37.6 Å². The van der Waals surface area contributed by atoms with E-state index in [0.717, 1.165) is 10.0 Å². The molecule has 12 heteroatoms. The molecule has 0 saturated carbocycles. The van der Waals surface area contributed by atoms with Crippen LogP contribution in [0.4, 0.5) is 10.3 Å². The Morgan fingerprint density at radius 1 is 1.23 bits per heavy atom. The van der Waals surface area contributed by atoms with Crippen LogP contribution in [0.5, 0.6) is 0 Å². The molecule has 0 spiro atoms. The van der Waals surface area contributed by atoms with Crippen LogP contribution in [-0.4, -0.2) is 49.1 Å².